The van der Waals surface area contributed by atoms with E-state index in [1.807, 2.05) is 19.1 Å². The van der Waals surface area contributed by atoms with Crippen LogP contribution in [0.4, 0.5) is 0 Å². The third-order valence-corrected chi connectivity index (χ3v) is 5.31. The van der Waals surface area contributed by atoms with Crippen molar-refractivity contribution >= 4 is 26.8 Å². The predicted octanol–water partition coefficient (Wildman–Crippen LogP) is 3.10. The molecule has 1 amide bonds. The molecule has 0 atom stereocenters. The van der Waals surface area contributed by atoms with Gasteiger partial charge >= 0.3 is 0 Å². The van der Waals surface area contributed by atoms with Crippen LogP contribution in [0.15, 0.2) is 53.4 Å². The zero-order valence-corrected chi connectivity index (χ0v) is 15.7. The van der Waals surface area contributed by atoms with Crippen LogP contribution < -0.4 is 10.5 Å². The lowest BCUT2D eigenvalue weighted by molar-refractivity contribution is -0.117. The van der Waals surface area contributed by atoms with E-state index in [1.165, 1.54) is 13.2 Å². The van der Waals surface area contributed by atoms with Gasteiger partial charge in [-0.2, -0.15) is 8.42 Å². The lowest BCUT2D eigenvalue weighted by Gasteiger charge is -2.16. The van der Waals surface area contributed by atoms with Crippen molar-refractivity contribution in [2.24, 2.45) is 5.73 Å². The van der Waals surface area contributed by atoms with Crippen LogP contribution in [0.3, 0.4) is 0 Å². The number of carbonyl (C=O) groups excluding carboxylic acids is 1. The molecular formula is C20H19NO5S. The van der Waals surface area contributed by atoms with Gasteiger partial charge in [-0.15, -0.1) is 0 Å². The third kappa shape index (κ3) is 3.79. The Bertz CT molecular complexity index is 1150. The molecule has 27 heavy (non-hydrogen) atoms. The Labute approximate surface area is 157 Å². The standard InChI is InChI=1S/C20H19NO5S/c1-12-3-8-19(27(23,24)25)18(9-12)15-7-5-13-4-6-14(26-2)10-16(13)17(15)11-20(21)22/h3-10H,11H2,1-2H3,(H2,21,22)(H,23,24,25). The molecule has 6 nitrogen and oxygen atoms in total. The highest BCUT2D eigenvalue weighted by Gasteiger charge is 2.21. The fourth-order valence-electron chi connectivity index (χ4n) is 3.18. The van der Waals surface area contributed by atoms with Crippen LogP contribution >= 0.6 is 0 Å². The van der Waals surface area contributed by atoms with Gasteiger partial charge in [0, 0.05) is 5.56 Å². The van der Waals surface area contributed by atoms with Crippen molar-refractivity contribution in [3.8, 4) is 16.9 Å². The van der Waals surface area contributed by atoms with Crippen LogP contribution in [0.25, 0.3) is 21.9 Å². The van der Waals surface area contributed by atoms with Gasteiger partial charge in [0.2, 0.25) is 5.91 Å². The molecule has 3 aromatic rings. The van der Waals surface area contributed by atoms with Crippen LogP contribution in [0.5, 0.6) is 5.75 Å². The van der Waals surface area contributed by atoms with Crippen LogP contribution in [0.1, 0.15) is 11.1 Å². The monoisotopic (exact) mass is 385 g/mol. The molecule has 0 unspecified atom stereocenters. The van der Waals surface area contributed by atoms with E-state index in [4.69, 9.17) is 10.5 Å². The number of primary amides is 1. The Kier molecular flexibility index (Phi) is 4.91. The fraction of sp³-hybridized carbons (Fsp3) is 0.150. The number of rotatable bonds is 5. The highest BCUT2D eigenvalue weighted by atomic mass is 32.2. The van der Waals surface area contributed by atoms with Crippen molar-refractivity contribution in [2.75, 3.05) is 7.11 Å². The van der Waals surface area contributed by atoms with E-state index in [0.29, 0.717) is 22.4 Å². The van der Waals surface area contributed by atoms with E-state index in [1.54, 1.807) is 30.3 Å². The summed E-state index contributed by atoms with van der Waals surface area (Å²) in [6.45, 7) is 1.81. The summed E-state index contributed by atoms with van der Waals surface area (Å²) in [5.74, 6) is 0.0530. The number of carbonyl (C=O) groups is 1. The molecule has 3 aromatic carbocycles. The summed E-state index contributed by atoms with van der Waals surface area (Å²) in [5.41, 5.74) is 7.68. The summed E-state index contributed by atoms with van der Waals surface area (Å²) in [6, 6.07) is 13.6. The molecule has 0 radical (unpaired) electrons. The van der Waals surface area contributed by atoms with Gasteiger partial charge in [0.15, 0.2) is 0 Å². The van der Waals surface area contributed by atoms with Gasteiger partial charge in [0.1, 0.15) is 10.6 Å². The second-order valence-electron chi connectivity index (χ2n) is 6.30. The molecule has 0 aliphatic heterocycles. The third-order valence-electron chi connectivity index (χ3n) is 4.39. The van der Waals surface area contributed by atoms with Crippen LogP contribution in [0.2, 0.25) is 0 Å². The molecule has 0 aromatic heterocycles. The first-order chi connectivity index (χ1) is 12.7. The molecule has 0 spiro atoms. The Morgan fingerprint density at radius 3 is 2.41 bits per heavy atom. The molecule has 3 N–H and O–H groups in total. The number of benzene rings is 3. The molecule has 0 bridgehead atoms. The van der Waals surface area contributed by atoms with Gasteiger partial charge < -0.3 is 10.5 Å². The molecule has 0 saturated carbocycles. The zero-order valence-electron chi connectivity index (χ0n) is 14.9. The predicted molar refractivity (Wildman–Crippen MR) is 103 cm³/mol. The van der Waals surface area contributed by atoms with Gasteiger partial charge in [-0.1, -0.05) is 35.9 Å². The number of methoxy groups -OCH3 is 1. The van der Waals surface area contributed by atoms with Gasteiger partial charge in [-0.3, -0.25) is 9.35 Å². The van der Waals surface area contributed by atoms with Crippen molar-refractivity contribution in [3.05, 3.63) is 59.7 Å². The normalized spacial score (nSPS) is 11.5. The molecule has 3 rings (SSSR count). The smallest absolute Gasteiger partial charge is 0.295 e. The Hall–Kier alpha value is -2.90. The SMILES string of the molecule is COc1ccc2ccc(-c3cc(C)ccc3S(=O)(=O)O)c(CC(N)=O)c2c1. The average Bonchev–Trinajstić information content (AvgIpc) is 2.60. The van der Waals surface area contributed by atoms with E-state index >= 15 is 0 Å². The molecule has 0 aliphatic rings. The minimum atomic E-state index is -4.45. The summed E-state index contributed by atoms with van der Waals surface area (Å²) in [6.07, 6.45) is -0.0846. The first-order valence-electron chi connectivity index (χ1n) is 8.17. The number of aryl methyl sites for hydroxylation is 1. The van der Waals surface area contributed by atoms with Crippen molar-refractivity contribution in [1.29, 1.82) is 0 Å². The van der Waals surface area contributed by atoms with Gasteiger partial charge in [-0.25, -0.2) is 0 Å². The molecule has 0 heterocycles. The minimum Gasteiger partial charge on any atom is -0.497 e. The lowest BCUT2D eigenvalue weighted by atomic mass is 9.91. The number of ether oxygens (including phenoxy) is 1. The van der Waals surface area contributed by atoms with E-state index in [0.717, 1.165) is 16.3 Å². The minimum absolute atomic E-state index is 0.0846. The number of amides is 1. The number of hydrogen-bond donors (Lipinski definition) is 2. The summed E-state index contributed by atoms with van der Waals surface area (Å²) in [7, 11) is -2.91. The van der Waals surface area contributed by atoms with Crippen LogP contribution in [-0.2, 0) is 21.3 Å². The van der Waals surface area contributed by atoms with Crippen molar-refractivity contribution in [1.82, 2.24) is 0 Å². The lowest BCUT2D eigenvalue weighted by Crippen LogP contribution is -2.15. The maximum absolute atomic E-state index is 11.9. The second-order valence-corrected chi connectivity index (χ2v) is 7.69. The van der Waals surface area contributed by atoms with E-state index in [9.17, 15) is 17.8 Å². The van der Waals surface area contributed by atoms with E-state index in [2.05, 4.69) is 0 Å². The van der Waals surface area contributed by atoms with Gasteiger partial charge in [0.25, 0.3) is 10.1 Å². The van der Waals surface area contributed by atoms with Crippen molar-refractivity contribution in [3.63, 3.8) is 0 Å². The second kappa shape index (κ2) is 7.02. The Morgan fingerprint density at radius 2 is 1.78 bits per heavy atom. The summed E-state index contributed by atoms with van der Waals surface area (Å²) >= 11 is 0. The highest BCUT2D eigenvalue weighted by molar-refractivity contribution is 7.86. The largest absolute Gasteiger partial charge is 0.497 e. The van der Waals surface area contributed by atoms with Crippen molar-refractivity contribution < 1.29 is 22.5 Å². The van der Waals surface area contributed by atoms with Gasteiger partial charge in [0.05, 0.1) is 13.5 Å². The molecule has 7 heteroatoms. The fourth-order valence-corrected chi connectivity index (χ4v) is 3.87. The summed E-state index contributed by atoms with van der Waals surface area (Å²) in [4.78, 5) is 11.5. The number of nitrogens with two attached hydrogens (primary N) is 1. The molecule has 0 fully saturated rings. The Balaban J connectivity index is 2.42. The molecule has 140 valence electrons. The maximum atomic E-state index is 11.9. The molecular weight excluding hydrogens is 366 g/mol. The summed E-state index contributed by atoms with van der Waals surface area (Å²) < 4.78 is 38.7. The number of hydrogen-bond acceptors (Lipinski definition) is 4. The molecule has 0 aliphatic carbocycles. The maximum Gasteiger partial charge on any atom is 0.295 e. The first kappa shape index (κ1) is 18.9. The Morgan fingerprint density at radius 1 is 1.07 bits per heavy atom. The molecule has 0 saturated heterocycles. The van der Waals surface area contributed by atoms with Crippen LogP contribution in [0, 0.1) is 6.92 Å². The number of fused-ring (bicyclic) bond motifs is 1. The van der Waals surface area contributed by atoms with Gasteiger partial charge in [-0.05, 0) is 47.0 Å². The van der Waals surface area contributed by atoms with Crippen LogP contribution in [-0.4, -0.2) is 26.0 Å². The zero-order chi connectivity index (χ0) is 19.8. The highest BCUT2D eigenvalue weighted by Crippen LogP contribution is 2.36. The first-order valence-corrected chi connectivity index (χ1v) is 9.61. The summed E-state index contributed by atoms with van der Waals surface area (Å²) in [5, 5.41) is 1.59. The quantitative estimate of drug-likeness (QED) is 0.656. The van der Waals surface area contributed by atoms with E-state index < -0.39 is 16.0 Å². The van der Waals surface area contributed by atoms with E-state index in [-0.39, 0.29) is 11.3 Å². The topological polar surface area (TPSA) is 107 Å². The van der Waals surface area contributed by atoms with Crippen molar-refractivity contribution in [2.45, 2.75) is 18.2 Å². The average molecular weight is 385 g/mol.